The van der Waals surface area contributed by atoms with Gasteiger partial charge in [-0.25, -0.2) is 4.39 Å². The Morgan fingerprint density at radius 1 is 1.32 bits per heavy atom. The summed E-state index contributed by atoms with van der Waals surface area (Å²) in [5, 5.41) is 0. The van der Waals surface area contributed by atoms with E-state index in [9.17, 15) is 4.79 Å². The molecule has 1 atom stereocenters. The van der Waals surface area contributed by atoms with Gasteiger partial charge >= 0.3 is 5.97 Å². The predicted molar refractivity (Wildman–Crippen MR) is 107 cm³/mol. The van der Waals surface area contributed by atoms with Gasteiger partial charge in [-0.2, -0.15) is 0 Å². The van der Waals surface area contributed by atoms with E-state index in [1.54, 1.807) is 4.90 Å². The predicted octanol–water partition coefficient (Wildman–Crippen LogP) is 2.33. The first-order valence-corrected chi connectivity index (χ1v) is 9.16. The van der Waals surface area contributed by atoms with Crippen LogP contribution in [0.25, 0.3) is 0 Å². The highest BCUT2D eigenvalue weighted by atomic mass is 19.1. The number of nitrogens with zero attached hydrogens (tertiary/aromatic N) is 2. The van der Waals surface area contributed by atoms with E-state index in [1.807, 2.05) is 48.3 Å². The average molecular weight is 387 g/mol. The molecule has 2 N–H and O–H groups in total. The van der Waals surface area contributed by atoms with Gasteiger partial charge in [0.05, 0.1) is 14.2 Å². The number of hydrogen-bond acceptors (Lipinski definition) is 6. The summed E-state index contributed by atoms with van der Waals surface area (Å²) in [5.74, 6) is -0.487. The smallest absolute Gasteiger partial charge is 0.325 e. The summed E-state index contributed by atoms with van der Waals surface area (Å²) in [6, 6.07) is 11.2. The first-order valence-electron chi connectivity index (χ1n) is 9.16. The molecule has 0 saturated heterocycles. The summed E-state index contributed by atoms with van der Waals surface area (Å²) in [5.41, 5.74) is 8.60. The van der Waals surface area contributed by atoms with E-state index >= 15 is 4.39 Å². The molecule has 2 aromatic carbocycles. The summed E-state index contributed by atoms with van der Waals surface area (Å²) >= 11 is 0. The fourth-order valence-corrected chi connectivity index (χ4v) is 3.64. The molecule has 0 aromatic heterocycles. The standard InChI is InChI=1S/C21H26FN3O3/c1-24-12-15(23)9-16-17(24)10-18(27-2)21(20(16)22)25(13-19(26)28-3)11-14-7-5-4-6-8-14/h4-8,10,15H,9,11-13,23H2,1-3H3. The van der Waals surface area contributed by atoms with Gasteiger partial charge in [-0.15, -0.1) is 0 Å². The van der Waals surface area contributed by atoms with Crippen molar-refractivity contribution in [3.8, 4) is 5.75 Å². The highest BCUT2D eigenvalue weighted by molar-refractivity contribution is 5.79. The average Bonchev–Trinajstić information content (AvgIpc) is 2.68. The lowest BCUT2D eigenvalue weighted by Gasteiger charge is -2.34. The zero-order valence-electron chi connectivity index (χ0n) is 16.4. The highest BCUT2D eigenvalue weighted by Crippen LogP contribution is 2.41. The Morgan fingerprint density at radius 2 is 2.04 bits per heavy atom. The molecule has 0 saturated carbocycles. The van der Waals surface area contributed by atoms with Gasteiger partial charge in [0.2, 0.25) is 0 Å². The van der Waals surface area contributed by atoms with Crippen molar-refractivity contribution in [2.75, 3.05) is 44.2 Å². The van der Waals surface area contributed by atoms with Crippen LogP contribution in [0.1, 0.15) is 11.1 Å². The zero-order chi connectivity index (χ0) is 20.3. The molecule has 1 aliphatic heterocycles. The van der Waals surface area contributed by atoms with Gasteiger partial charge in [0, 0.05) is 43.5 Å². The summed E-state index contributed by atoms with van der Waals surface area (Å²) < 4.78 is 26.0. The molecule has 150 valence electrons. The Hall–Kier alpha value is -2.80. The zero-order valence-corrected chi connectivity index (χ0v) is 16.4. The SMILES string of the molecule is COC(=O)CN(Cc1ccccc1)c1c(OC)cc2c(c1F)CC(N)CN2C. The summed E-state index contributed by atoms with van der Waals surface area (Å²) in [6.45, 7) is 0.883. The minimum Gasteiger partial charge on any atom is -0.494 e. The van der Waals surface area contributed by atoms with Crippen molar-refractivity contribution >= 4 is 17.3 Å². The Kier molecular flexibility index (Phi) is 6.04. The number of methoxy groups -OCH3 is 2. The van der Waals surface area contributed by atoms with E-state index in [4.69, 9.17) is 15.2 Å². The number of carbonyl (C=O) groups excluding carboxylic acids is 1. The van der Waals surface area contributed by atoms with Crippen LogP contribution in [0.15, 0.2) is 36.4 Å². The van der Waals surface area contributed by atoms with Gasteiger partial charge in [0.1, 0.15) is 18.0 Å². The first kappa shape index (κ1) is 19.9. The molecule has 7 heteroatoms. The fourth-order valence-electron chi connectivity index (χ4n) is 3.64. The van der Waals surface area contributed by atoms with Crippen LogP contribution in [0.3, 0.4) is 0 Å². The molecule has 1 aliphatic rings. The Bertz CT molecular complexity index is 845. The minimum absolute atomic E-state index is 0.0979. The maximum atomic E-state index is 15.7. The number of rotatable bonds is 6. The molecule has 3 rings (SSSR count). The largest absolute Gasteiger partial charge is 0.494 e. The van der Waals surface area contributed by atoms with Gasteiger partial charge in [-0.1, -0.05) is 30.3 Å². The van der Waals surface area contributed by atoms with Crippen LogP contribution in [0.4, 0.5) is 15.8 Å². The topological polar surface area (TPSA) is 68.0 Å². The third-order valence-corrected chi connectivity index (χ3v) is 4.97. The number of anilines is 2. The number of fused-ring (bicyclic) bond motifs is 1. The van der Waals surface area contributed by atoms with Crippen molar-refractivity contribution in [3.05, 3.63) is 53.3 Å². The van der Waals surface area contributed by atoms with Crippen LogP contribution in [0, 0.1) is 5.82 Å². The maximum Gasteiger partial charge on any atom is 0.325 e. The van der Waals surface area contributed by atoms with Crippen molar-refractivity contribution in [1.82, 2.24) is 0 Å². The molecule has 6 nitrogen and oxygen atoms in total. The number of likely N-dealkylation sites (N-methyl/N-ethyl adjacent to an activating group) is 1. The van der Waals surface area contributed by atoms with Gasteiger partial charge in [0.25, 0.3) is 0 Å². The van der Waals surface area contributed by atoms with Gasteiger partial charge in [0.15, 0.2) is 5.82 Å². The molecule has 0 spiro atoms. The number of halogens is 1. The van der Waals surface area contributed by atoms with Crippen molar-refractivity contribution in [2.24, 2.45) is 5.73 Å². The molecule has 0 fully saturated rings. The molecule has 28 heavy (non-hydrogen) atoms. The minimum atomic E-state index is -0.455. The molecule has 0 radical (unpaired) electrons. The number of hydrogen-bond donors (Lipinski definition) is 1. The third kappa shape index (κ3) is 4.04. The Labute approximate surface area is 164 Å². The monoisotopic (exact) mass is 387 g/mol. The quantitative estimate of drug-likeness (QED) is 0.768. The van der Waals surface area contributed by atoms with E-state index in [0.717, 1.165) is 11.3 Å². The van der Waals surface area contributed by atoms with E-state index < -0.39 is 11.8 Å². The van der Waals surface area contributed by atoms with E-state index in [0.29, 0.717) is 30.8 Å². The summed E-state index contributed by atoms with van der Waals surface area (Å²) in [4.78, 5) is 15.6. The highest BCUT2D eigenvalue weighted by Gasteiger charge is 2.30. The van der Waals surface area contributed by atoms with Crippen molar-refractivity contribution < 1.29 is 18.7 Å². The van der Waals surface area contributed by atoms with Gasteiger partial charge < -0.3 is 25.0 Å². The van der Waals surface area contributed by atoms with Crippen LogP contribution in [-0.4, -0.2) is 46.4 Å². The Morgan fingerprint density at radius 3 is 2.68 bits per heavy atom. The van der Waals surface area contributed by atoms with Crippen LogP contribution >= 0.6 is 0 Å². The molecular weight excluding hydrogens is 361 g/mol. The van der Waals surface area contributed by atoms with Crippen LogP contribution in [-0.2, 0) is 22.5 Å². The van der Waals surface area contributed by atoms with Crippen LogP contribution in [0.2, 0.25) is 0 Å². The number of esters is 1. The second kappa shape index (κ2) is 8.48. The first-order chi connectivity index (χ1) is 13.4. The second-order valence-corrected chi connectivity index (χ2v) is 7.00. The lowest BCUT2D eigenvalue weighted by Crippen LogP contribution is -2.42. The molecule has 0 bridgehead atoms. The van der Waals surface area contributed by atoms with Gasteiger partial charge in [-0.3, -0.25) is 4.79 Å². The van der Waals surface area contributed by atoms with E-state index in [1.165, 1.54) is 14.2 Å². The van der Waals surface area contributed by atoms with Gasteiger partial charge in [-0.05, 0) is 12.0 Å². The fraction of sp³-hybridized carbons (Fsp3) is 0.381. The van der Waals surface area contributed by atoms with Crippen molar-refractivity contribution in [3.63, 3.8) is 0 Å². The lowest BCUT2D eigenvalue weighted by atomic mass is 9.96. The summed E-state index contributed by atoms with van der Waals surface area (Å²) in [7, 11) is 4.70. The number of carbonyl (C=O) groups is 1. The number of nitrogens with two attached hydrogens (primary N) is 1. The molecular formula is C21H26FN3O3. The molecule has 2 aromatic rings. The Balaban J connectivity index is 2.10. The van der Waals surface area contributed by atoms with Crippen molar-refractivity contribution in [1.29, 1.82) is 0 Å². The van der Waals surface area contributed by atoms with Crippen LogP contribution in [0.5, 0.6) is 5.75 Å². The van der Waals surface area contributed by atoms with E-state index in [2.05, 4.69) is 0 Å². The second-order valence-electron chi connectivity index (χ2n) is 7.00. The molecule has 0 aliphatic carbocycles. The number of benzene rings is 2. The summed E-state index contributed by atoms with van der Waals surface area (Å²) in [6.07, 6.45) is 0.430. The lowest BCUT2D eigenvalue weighted by molar-refractivity contribution is -0.139. The maximum absolute atomic E-state index is 15.7. The molecule has 1 unspecified atom stereocenters. The van der Waals surface area contributed by atoms with E-state index in [-0.39, 0.29) is 18.3 Å². The number of ether oxygens (including phenoxy) is 2. The normalized spacial score (nSPS) is 15.8. The molecule has 1 heterocycles. The van der Waals surface area contributed by atoms with Crippen molar-refractivity contribution in [2.45, 2.75) is 19.0 Å². The molecule has 0 amide bonds. The van der Waals surface area contributed by atoms with Crippen LogP contribution < -0.4 is 20.3 Å². The third-order valence-electron chi connectivity index (χ3n) is 4.97.